The predicted octanol–water partition coefficient (Wildman–Crippen LogP) is 0.186. The van der Waals surface area contributed by atoms with Gasteiger partial charge in [0.05, 0.1) is 5.75 Å². The van der Waals surface area contributed by atoms with E-state index in [1.165, 1.54) is 0 Å². The number of hydrogen-bond donors (Lipinski definition) is 1. The molecule has 0 bridgehead atoms. The molecular formula is C6H8O4S. The van der Waals surface area contributed by atoms with Gasteiger partial charge in [-0.05, 0) is 0 Å². The molecule has 0 aromatic carbocycles. The molecule has 0 saturated heterocycles. The van der Waals surface area contributed by atoms with Gasteiger partial charge in [0.25, 0.3) is 0 Å². The number of rotatable bonds is 4. The van der Waals surface area contributed by atoms with Gasteiger partial charge in [0.1, 0.15) is 4.91 Å². The van der Waals surface area contributed by atoms with E-state index >= 15 is 0 Å². The Morgan fingerprint density at radius 3 is 2.27 bits per heavy atom. The first-order valence-corrected chi connectivity index (χ1v) is 4.33. The highest BCUT2D eigenvalue weighted by atomic mass is 32.2. The normalized spacial score (nSPS) is 10.5. The highest BCUT2D eigenvalue weighted by molar-refractivity contribution is 7.96. The summed E-state index contributed by atoms with van der Waals surface area (Å²) in [6.07, 6.45) is 1.11. The van der Waals surface area contributed by atoms with Crippen LogP contribution in [-0.2, 0) is 14.6 Å². The second-order valence-corrected chi connectivity index (χ2v) is 3.85. The van der Waals surface area contributed by atoms with Gasteiger partial charge in [-0.15, -0.1) is 6.58 Å². The van der Waals surface area contributed by atoms with Crippen molar-refractivity contribution >= 4 is 15.8 Å². The molecule has 62 valence electrons. The highest BCUT2D eigenvalue weighted by Gasteiger charge is 2.19. The maximum absolute atomic E-state index is 10.8. The lowest BCUT2D eigenvalue weighted by Gasteiger charge is -1.97. The number of carboxylic acids is 1. The molecule has 0 aromatic rings. The molecule has 0 aromatic heterocycles. The van der Waals surface area contributed by atoms with Crippen LogP contribution in [-0.4, -0.2) is 25.2 Å². The SMILES string of the molecule is C=CCS(=O)(=O)C(=C)C(=O)O. The van der Waals surface area contributed by atoms with E-state index in [9.17, 15) is 13.2 Å². The third-order valence-electron chi connectivity index (χ3n) is 0.951. The van der Waals surface area contributed by atoms with Gasteiger partial charge in [-0.1, -0.05) is 12.7 Å². The van der Waals surface area contributed by atoms with E-state index in [0.29, 0.717) is 0 Å². The Bertz CT molecular complexity index is 286. The fourth-order valence-corrected chi connectivity index (χ4v) is 1.17. The molecule has 0 rings (SSSR count). The second kappa shape index (κ2) is 3.34. The molecule has 0 atom stereocenters. The van der Waals surface area contributed by atoms with Crippen LogP contribution in [0.4, 0.5) is 0 Å². The average molecular weight is 176 g/mol. The maximum Gasteiger partial charge on any atom is 0.346 e. The van der Waals surface area contributed by atoms with E-state index < -0.39 is 26.5 Å². The van der Waals surface area contributed by atoms with Crippen molar-refractivity contribution in [3.63, 3.8) is 0 Å². The van der Waals surface area contributed by atoms with E-state index in [2.05, 4.69) is 13.2 Å². The van der Waals surface area contributed by atoms with Crippen molar-refractivity contribution in [1.29, 1.82) is 0 Å². The fraction of sp³-hybridized carbons (Fsp3) is 0.167. The summed E-state index contributed by atoms with van der Waals surface area (Å²) in [5, 5.41) is 8.23. The summed E-state index contributed by atoms with van der Waals surface area (Å²) in [6.45, 7) is 6.08. The van der Waals surface area contributed by atoms with Gasteiger partial charge >= 0.3 is 5.97 Å². The van der Waals surface area contributed by atoms with Gasteiger partial charge in [0.2, 0.25) is 0 Å². The van der Waals surface area contributed by atoms with Crippen LogP contribution in [0, 0.1) is 0 Å². The molecule has 0 saturated carbocycles. The van der Waals surface area contributed by atoms with Crippen molar-refractivity contribution < 1.29 is 18.3 Å². The Balaban J connectivity index is 4.72. The van der Waals surface area contributed by atoms with Crippen LogP contribution in [0.25, 0.3) is 0 Å². The molecule has 0 heterocycles. The predicted molar refractivity (Wildman–Crippen MR) is 40.8 cm³/mol. The quantitative estimate of drug-likeness (QED) is 0.490. The lowest BCUT2D eigenvalue weighted by atomic mass is 10.7. The van der Waals surface area contributed by atoms with E-state index in [-0.39, 0.29) is 0 Å². The van der Waals surface area contributed by atoms with Crippen LogP contribution in [0.2, 0.25) is 0 Å². The largest absolute Gasteiger partial charge is 0.477 e. The van der Waals surface area contributed by atoms with E-state index in [1.54, 1.807) is 0 Å². The van der Waals surface area contributed by atoms with Crippen molar-refractivity contribution in [2.24, 2.45) is 0 Å². The first kappa shape index (κ1) is 9.90. The first-order valence-electron chi connectivity index (χ1n) is 2.67. The van der Waals surface area contributed by atoms with Crippen LogP contribution < -0.4 is 0 Å². The van der Waals surface area contributed by atoms with Crippen molar-refractivity contribution in [1.82, 2.24) is 0 Å². The molecule has 0 aliphatic rings. The molecule has 0 radical (unpaired) electrons. The zero-order valence-corrected chi connectivity index (χ0v) is 6.60. The molecule has 0 aliphatic carbocycles. The molecular weight excluding hydrogens is 168 g/mol. The molecule has 1 N–H and O–H groups in total. The van der Waals surface area contributed by atoms with Crippen LogP contribution in [0.3, 0.4) is 0 Å². The molecule has 4 nitrogen and oxygen atoms in total. The summed E-state index contributed by atoms with van der Waals surface area (Å²) in [4.78, 5) is 9.31. The van der Waals surface area contributed by atoms with Crippen LogP contribution in [0.1, 0.15) is 0 Å². The zero-order valence-electron chi connectivity index (χ0n) is 5.78. The van der Waals surface area contributed by atoms with Crippen LogP contribution >= 0.6 is 0 Å². The Morgan fingerprint density at radius 1 is 1.55 bits per heavy atom. The molecule has 0 aliphatic heterocycles. The monoisotopic (exact) mass is 176 g/mol. The smallest absolute Gasteiger partial charge is 0.346 e. The standard InChI is InChI=1S/C6H8O4S/c1-3-4-11(9,10)5(2)6(7)8/h3H,1-2,4H2,(H,7,8). The van der Waals surface area contributed by atoms with E-state index in [1.807, 2.05) is 0 Å². The van der Waals surface area contributed by atoms with Crippen molar-refractivity contribution in [2.45, 2.75) is 0 Å². The minimum Gasteiger partial charge on any atom is -0.477 e. The highest BCUT2D eigenvalue weighted by Crippen LogP contribution is 2.04. The molecule has 0 unspecified atom stereocenters. The van der Waals surface area contributed by atoms with Gasteiger partial charge in [0, 0.05) is 0 Å². The fourth-order valence-electron chi connectivity index (χ4n) is 0.389. The molecule has 0 fully saturated rings. The molecule has 5 heteroatoms. The molecule has 0 spiro atoms. The summed E-state index contributed by atoms with van der Waals surface area (Å²) in [7, 11) is -3.72. The number of sulfone groups is 1. The van der Waals surface area contributed by atoms with Crippen LogP contribution in [0.15, 0.2) is 24.1 Å². The lowest BCUT2D eigenvalue weighted by molar-refractivity contribution is -0.131. The Hall–Kier alpha value is -1.10. The minimum atomic E-state index is -3.72. The minimum absolute atomic E-state index is 0.391. The maximum atomic E-state index is 10.8. The van der Waals surface area contributed by atoms with E-state index in [4.69, 9.17) is 5.11 Å². The summed E-state index contributed by atoms with van der Waals surface area (Å²) in [5.41, 5.74) is 0. The summed E-state index contributed by atoms with van der Waals surface area (Å²) >= 11 is 0. The Morgan fingerprint density at radius 2 is 2.00 bits per heavy atom. The lowest BCUT2D eigenvalue weighted by Crippen LogP contribution is -2.13. The van der Waals surface area contributed by atoms with Crippen molar-refractivity contribution in [2.75, 3.05) is 5.75 Å². The van der Waals surface area contributed by atoms with Gasteiger partial charge in [0.15, 0.2) is 9.84 Å². The number of aliphatic carboxylic acids is 1. The topological polar surface area (TPSA) is 71.4 Å². The van der Waals surface area contributed by atoms with Gasteiger partial charge in [-0.25, -0.2) is 13.2 Å². The molecule has 0 amide bonds. The number of hydrogen-bond acceptors (Lipinski definition) is 3. The second-order valence-electron chi connectivity index (χ2n) is 1.80. The number of carboxylic acid groups (broad SMARTS) is 1. The third-order valence-corrected chi connectivity index (χ3v) is 2.55. The Kier molecular flexibility index (Phi) is 3.00. The zero-order chi connectivity index (χ0) is 9.07. The van der Waals surface area contributed by atoms with Crippen molar-refractivity contribution in [3.8, 4) is 0 Å². The average Bonchev–Trinajstić information content (AvgIpc) is 1.86. The summed E-state index contributed by atoms with van der Waals surface area (Å²) < 4.78 is 21.6. The number of carbonyl (C=O) groups is 1. The molecule has 11 heavy (non-hydrogen) atoms. The van der Waals surface area contributed by atoms with Crippen molar-refractivity contribution in [3.05, 3.63) is 24.1 Å². The Labute approximate surface area is 64.8 Å². The van der Waals surface area contributed by atoms with Gasteiger partial charge in [-0.2, -0.15) is 0 Å². The third kappa shape index (κ3) is 2.55. The first-order chi connectivity index (χ1) is 4.91. The van der Waals surface area contributed by atoms with Gasteiger partial charge < -0.3 is 5.11 Å². The summed E-state index contributed by atoms with van der Waals surface area (Å²) in [6, 6.07) is 0. The van der Waals surface area contributed by atoms with E-state index in [0.717, 1.165) is 6.08 Å². The van der Waals surface area contributed by atoms with Gasteiger partial charge in [-0.3, -0.25) is 0 Å². The van der Waals surface area contributed by atoms with Crippen LogP contribution in [0.5, 0.6) is 0 Å². The summed E-state index contributed by atoms with van der Waals surface area (Å²) in [5.74, 6) is -1.91.